The van der Waals surface area contributed by atoms with Crippen molar-refractivity contribution < 1.29 is 17.9 Å². The van der Waals surface area contributed by atoms with Crippen molar-refractivity contribution in [1.82, 2.24) is 0 Å². The maximum Gasteiger partial charge on any atom is 0.416 e. The Labute approximate surface area is 149 Å². The summed E-state index contributed by atoms with van der Waals surface area (Å²) in [6.07, 6.45) is -0.805. The molecule has 7 heteroatoms. The zero-order chi connectivity index (χ0) is 17.6. The molecule has 3 heterocycles. The first kappa shape index (κ1) is 17.2. The molecule has 1 aromatic carbocycles. The molecule has 0 spiro atoms. The van der Waals surface area contributed by atoms with Crippen LogP contribution in [0.25, 0.3) is 0 Å². The first-order valence-electron chi connectivity index (χ1n) is 8.59. The molecule has 136 valence electrons. The van der Waals surface area contributed by atoms with Crippen molar-refractivity contribution >= 4 is 17.4 Å². The second-order valence-corrected chi connectivity index (χ2v) is 7.89. The van der Waals surface area contributed by atoms with Crippen LogP contribution in [0.5, 0.6) is 0 Å². The van der Waals surface area contributed by atoms with Gasteiger partial charge in [0.2, 0.25) is 0 Å². The highest BCUT2D eigenvalue weighted by Crippen LogP contribution is 2.49. The van der Waals surface area contributed by atoms with Gasteiger partial charge in [0.05, 0.1) is 17.8 Å². The van der Waals surface area contributed by atoms with Crippen molar-refractivity contribution in [3.05, 3.63) is 40.8 Å². The molecule has 3 aliphatic rings. The van der Waals surface area contributed by atoms with E-state index in [0.29, 0.717) is 18.0 Å². The molecule has 0 radical (unpaired) electrons. The lowest BCUT2D eigenvalue weighted by molar-refractivity contribution is -0.138. The molecule has 25 heavy (non-hydrogen) atoms. The van der Waals surface area contributed by atoms with Crippen LogP contribution in [-0.2, 0) is 10.9 Å². The minimum Gasteiger partial charge on any atom is -0.381 e. The molecule has 0 amide bonds. The Morgan fingerprint density at radius 1 is 1.28 bits per heavy atom. The van der Waals surface area contributed by atoms with Gasteiger partial charge in [-0.05, 0) is 36.4 Å². The Balaban J connectivity index is 1.73. The van der Waals surface area contributed by atoms with Gasteiger partial charge in [-0.15, -0.1) is 11.8 Å². The Morgan fingerprint density at radius 3 is 2.80 bits per heavy atom. The van der Waals surface area contributed by atoms with Gasteiger partial charge in [0.15, 0.2) is 0 Å². The zero-order valence-electron chi connectivity index (χ0n) is 13.6. The minimum atomic E-state index is -4.35. The predicted octanol–water partition coefficient (Wildman–Crippen LogP) is 4.17. The van der Waals surface area contributed by atoms with Gasteiger partial charge in [0, 0.05) is 41.4 Å². The van der Waals surface area contributed by atoms with E-state index < -0.39 is 11.7 Å². The lowest BCUT2D eigenvalue weighted by Crippen LogP contribution is -2.48. The van der Waals surface area contributed by atoms with Crippen LogP contribution >= 0.6 is 11.8 Å². The van der Waals surface area contributed by atoms with Gasteiger partial charge >= 0.3 is 6.18 Å². The zero-order valence-corrected chi connectivity index (χ0v) is 14.4. The van der Waals surface area contributed by atoms with E-state index in [1.165, 1.54) is 6.07 Å². The Kier molecular flexibility index (Phi) is 4.50. The monoisotopic (exact) mass is 370 g/mol. The highest BCUT2D eigenvalue weighted by molar-refractivity contribution is 8.02. The van der Waals surface area contributed by atoms with Crippen molar-refractivity contribution in [3.63, 3.8) is 0 Å². The lowest BCUT2D eigenvalue weighted by Gasteiger charge is -2.47. The lowest BCUT2D eigenvalue weighted by atomic mass is 9.74. The topological polar surface area (TPSA) is 47.3 Å². The predicted molar refractivity (Wildman–Crippen MR) is 93.3 cm³/mol. The molecule has 5 atom stereocenters. The number of nitrogens with one attached hydrogen (secondary N) is 1. The third kappa shape index (κ3) is 3.17. The summed E-state index contributed by atoms with van der Waals surface area (Å²) < 4.78 is 45.6. The van der Waals surface area contributed by atoms with Crippen molar-refractivity contribution in [1.29, 1.82) is 0 Å². The SMILES string of the molecule is NC[C@H]1CC[C@@H]2[C@H](O1)c1cc(C(F)(F)F)ccc1N[C@H]2C1C=CSC1. The van der Waals surface area contributed by atoms with Crippen LogP contribution in [-0.4, -0.2) is 24.4 Å². The van der Waals surface area contributed by atoms with Crippen LogP contribution in [0.2, 0.25) is 0 Å². The van der Waals surface area contributed by atoms with Crippen molar-refractivity contribution in [2.45, 2.75) is 37.3 Å². The largest absolute Gasteiger partial charge is 0.416 e. The van der Waals surface area contributed by atoms with Gasteiger partial charge in [-0.2, -0.15) is 13.2 Å². The number of halogens is 3. The molecule has 1 saturated heterocycles. The molecular weight excluding hydrogens is 349 g/mol. The number of hydrogen-bond donors (Lipinski definition) is 2. The quantitative estimate of drug-likeness (QED) is 0.820. The van der Waals surface area contributed by atoms with Crippen molar-refractivity contribution in [3.8, 4) is 0 Å². The molecule has 1 fully saturated rings. The number of nitrogens with two attached hydrogens (primary N) is 1. The summed E-state index contributed by atoms with van der Waals surface area (Å²) in [6, 6.07) is 4.11. The van der Waals surface area contributed by atoms with Crippen LogP contribution in [0.4, 0.5) is 18.9 Å². The molecule has 0 aliphatic carbocycles. The summed E-state index contributed by atoms with van der Waals surface area (Å²) in [7, 11) is 0. The van der Waals surface area contributed by atoms with E-state index >= 15 is 0 Å². The van der Waals surface area contributed by atoms with Gasteiger partial charge < -0.3 is 15.8 Å². The summed E-state index contributed by atoms with van der Waals surface area (Å²) in [5, 5.41) is 5.61. The van der Waals surface area contributed by atoms with Gasteiger partial charge in [-0.25, -0.2) is 0 Å². The first-order valence-corrected chi connectivity index (χ1v) is 9.63. The number of hydrogen-bond acceptors (Lipinski definition) is 4. The summed E-state index contributed by atoms with van der Waals surface area (Å²) >= 11 is 1.78. The van der Waals surface area contributed by atoms with Gasteiger partial charge in [-0.3, -0.25) is 0 Å². The van der Waals surface area contributed by atoms with Crippen LogP contribution in [0.15, 0.2) is 29.7 Å². The molecular formula is C18H21F3N2OS. The average molecular weight is 370 g/mol. The third-order valence-corrected chi connectivity index (χ3v) is 6.38. The standard InChI is InChI=1S/C18H21F3N2OS/c19-18(20,21)11-1-4-15-14(7-11)17-13(3-2-12(8-22)24-17)16(23-15)10-5-6-25-9-10/h1,4-7,10,12-13,16-17,23H,2-3,8-9,22H2/t10?,12-,13+,16+,17+/m1/s1. The number of thioether (sulfide) groups is 1. The van der Waals surface area contributed by atoms with Crippen LogP contribution in [0, 0.1) is 11.8 Å². The number of rotatable bonds is 2. The number of anilines is 1. The number of benzene rings is 1. The Bertz CT molecular complexity index is 679. The third-order valence-electron chi connectivity index (χ3n) is 5.45. The second kappa shape index (κ2) is 6.52. The maximum absolute atomic E-state index is 13.2. The molecule has 1 aromatic rings. The Morgan fingerprint density at radius 2 is 2.12 bits per heavy atom. The smallest absolute Gasteiger partial charge is 0.381 e. The highest BCUT2D eigenvalue weighted by Gasteiger charge is 2.45. The highest BCUT2D eigenvalue weighted by atomic mass is 32.2. The molecule has 0 saturated carbocycles. The van der Waals surface area contributed by atoms with E-state index in [2.05, 4.69) is 16.8 Å². The van der Waals surface area contributed by atoms with E-state index in [1.54, 1.807) is 17.8 Å². The molecule has 3 aliphatic heterocycles. The molecule has 1 unspecified atom stereocenters. The molecule has 0 aromatic heterocycles. The summed E-state index contributed by atoms with van der Waals surface area (Å²) in [5.74, 6) is 1.52. The normalized spacial score (nSPS) is 34.3. The number of ether oxygens (including phenoxy) is 1. The van der Waals surface area contributed by atoms with Crippen LogP contribution in [0.1, 0.15) is 30.1 Å². The fourth-order valence-electron chi connectivity index (χ4n) is 4.17. The molecule has 3 N–H and O–H groups in total. The summed E-state index contributed by atoms with van der Waals surface area (Å²) in [4.78, 5) is 0. The van der Waals surface area contributed by atoms with Gasteiger partial charge in [-0.1, -0.05) is 6.08 Å². The molecule has 4 rings (SSSR count). The van der Waals surface area contributed by atoms with Gasteiger partial charge in [0.1, 0.15) is 0 Å². The van der Waals surface area contributed by atoms with Crippen LogP contribution < -0.4 is 11.1 Å². The maximum atomic E-state index is 13.2. The second-order valence-electron chi connectivity index (χ2n) is 6.95. The van der Waals surface area contributed by atoms with Crippen molar-refractivity contribution in [2.24, 2.45) is 17.6 Å². The van der Waals surface area contributed by atoms with Crippen molar-refractivity contribution in [2.75, 3.05) is 17.6 Å². The average Bonchev–Trinajstić information content (AvgIpc) is 3.13. The fourth-order valence-corrected chi connectivity index (χ4v) is 5.14. The number of fused-ring (bicyclic) bond motifs is 3. The van der Waals surface area contributed by atoms with Crippen LogP contribution in [0.3, 0.4) is 0 Å². The van der Waals surface area contributed by atoms with E-state index in [4.69, 9.17) is 10.5 Å². The minimum absolute atomic E-state index is 0.0871. The van der Waals surface area contributed by atoms with Gasteiger partial charge in [0.25, 0.3) is 0 Å². The fraction of sp³-hybridized carbons (Fsp3) is 0.556. The molecule has 3 nitrogen and oxygen atoms in total. The summed E-state index contributed by atoms with van der Waals surface area (Å²) in [6.45, 7) is 0.398. The molecule has 0 bridgehead atoms. The van der Waals surface area contributed by atoms with E-state index in [-0.39, 0.29) is 24.2 Å². The first-order chi connectivity index (χ1) is 12.0. The van der Waals surface area contributed by atoms with E-state index in [1.807, 2.05) is 0 Å². The number of alkyl halides is 3. The van der Waals surface area contributed by atoms with E-state index in [0.717, 1.165) is 30.3 Å². The Hall–Kier alpha value is -1.18. The van der Waals surface area contributed by atoms with E-state index in [9.17, 15) is 13.2 Å². The summed E-state index contributed by atoms with van der Waals surface area (Å²) in [5.41, 5.74) is 6.51.